The van der Waals surface area contributed by atoms with Crippen LogP contribution in [0.3, 0.4) is 0 Å². The predicted molar refractivity (Wildman–Crippen MR) is 142 cm³/mol. The summed E-state index contributed by atoms with van der Waals surface area (Å²) in [5.74, 6) is 0.377. The molecule has 9 heteroatoms. The van der Waals surface area contributed by atoms with E-state index in [1.807, 2.05) is 36.9 Å². The van der Waals surface area contributed by atoms with Crippen molar-refractivity contribution in [3.05, 3.63) is 99.0 Å². The summed E-state index contributed by atoms with van der Waals surface area (Å²) >= 11 is 0. The van der Waals surface area contributed by atoms with Crippen LogP contribution in [-0.4, -0.2) is 43.1 Å². The molecular formula is C29H30FN5O3. The Morgan fingerprint density at radius 3 is 2.55 bits per heavy atom. The third kappa shape index (κ3) is 4.83. The van der Waals surface area contributed by atoms with Crippen molar-refractivity contribution in [2.45, 2.75) is 40.3 Å². The molecule has 1 aliphatic rings. The number of carbonyl (C=O) groups excluding carboxylic acids is 1. The Balaban J connectivity index is 1.56. The van der Waals surface area contributed by atoms with Crippen LogP contribution in [0.2, 0.25) is 0 Å². The molecule has 0 radical (unpaired) electrons. The summed E-state index contributed by atoms with van der Waals surface area (Å²) in [7, 11) is 1.73. The number of hydrogen-bond acceptors (Lipinski definition) is 5. The molecule has 0 unspecified atom stereocenters. The first-order chi connectivity index (χ1) is 18.2. The lowest BCUT2D eigenvalue weighted by atomic mass is 9.87. The van der Waals surface area contributed by atoms with Gasteiger partial charge in [0.15, 0.2) is 11.6 Å². The number of imidazole rings is 1. The van der Waals surface area contributed by atoms with E-state index < -0.39 is 5.82 Å². The molecule has 0 saturated heterocycles. The van der Waals surface area contributed by atoms with Gasteiger partial charge >= 0.3 is 0 Å². The monoisotopic (exact) mass is 515 g/mol. The van der Waals surface area contributed by atoms with Gasteiger partial charge in [-0.2, -0.15) is 0 Å². The number of rotatable bonds is 7. The summed E-state index contributed by atoms with van der Waals surface area (Å²) in [6.07, 6.45) is 7.28. The van der Waals surface area contributed by atoms with Gasteiger partial charge in [0.25, 0.3) is 11.5 Å². The molecule has 0 atom stereocenters. The van der Waals surface area contributed by atoms with Crippen molar-refractivity contribution >= 4 is 5.91 Å². The lowest BCUT2D eigenvalue weighted by Crippen LogP contribution is -2.37. The SMILES string of the molecule is CCOc1cc(CN2CCc3c(cc(Cn4ccnc4C)cc3-c3cn(C)c(=O)cc3C)C2=O)ncc1F. The number of fused-ring (bicyclic) bond motifs is 1. The van der Waals surface area contributed by atoms with Crippen molar-refractivity contribution in [1.82, 2.24) is 24.0 Å². The van der Waals surface area contributed by atoms with Gasteiger partial charge in [-0.05, 0) is 61.6 Å². The Bertz CT molecular complexity index is 1590. The van der Waals surface area contributed by atoms with E-state index >= 15 is 0 Å². The molecule has 1 aromatic carbocycles. The zero-order valence-corrected chi connectivity index (χ0v) is 22.0. The number of carbonyl (C=O) groups is 1. The summed E-state index contributed by atoms with van der Waals surface area (Å²) < 4.78 is 23.0. The lowest BCUT2D eigenvalue weighted by molar-refractivity contribution is 0.0724. The van der Waals surface area contributed by atoms with E-state index in [2.05, 4.69) is 16.0 Å². The van der Waals surface area contributed by atoms with Gasteiger partial charge < -0.3 is 18.8 Å². The number of aryl methyl sites for hydroxylation is 3. The number of hydrogen-bond donors (Lipinski definition) is 0. The van der Waals surface area contributed by atoms with Gasteiger partial charge in [-0.25, -0.2) is 9.37 Å². The van der Waals surface area contributed by atoms with Gasteiger partial charge in [0.1, 0.15) is 5.82 Å². The molecule has 5 rings (SSSR count). The van der Waals surface area contributed by atoms with Crippen molar-refractivity contribution in [1.29, 1.82) is 0 Å². The maximum absolute atomic E-state index is 14.0. The van der Waals surface area contributed by atoms with Crippen LogP contribution in [-0.2, 0) is 26.6 Å². The molecule has 0 bridgehead atoms. The fourth-order valence-corrected chi connectivity index (χ4v) is 4.98. The molecule has 0 aliphatic carbocycles. The molecule has 38 heavy (non-hydrogen) atoms. The molecule has 0 saturated carbocycles. The molecule has 8 nitrogen and oxygen atoms in total. The van der Waals surface area contributed by atoms with Crippen molar-refractivity contribution < 1.29 is 13.9 Å². The van der Waals surface area contributed by atoms with E-state index in [-0.39, 0.29) is 23.8 Å². The number of benzene rings is 1. The minimum atomic E-state index is -0.525. The fraction of sp³-hybridized carbons (Fsp3) is 0.310. The van der Waals surface area contributed by atoms with E-state index in [0.29, 0.717) is 37.4 Å². The fourth-order valence-electron chi connectivity index (χ4n) is 4.98. The van der Waals surface area contributed by atoms with Crippen LogP contribution in [0.1, 0.15) is 45.5 Å². The molecule has 196 valence electrons. The molecule has 1 amide bonds. The Morgan fingerprint density at radius 2 is 1.82 bits per heavy atom. The van der Waals surface area contributed by atoms with E-state index in [0.717, 1.165) is 39.8 Å². The normalized spacial score (nSPS) is 13.1. The summed E-state index contributed by atoms with van der Waals surface area (Å²) in [5.41, 5.74) is 5.77. The topological polar surface area (TPSA) is 82.2 Å². The van der Waals surface area contributed by atoms with Crippen LogP contribution in [0.4, 0.5) is 4.39 Å². The largest absolute Gasteiger partial charge is 0.491 e. The van der Waals surface area contributed by atoms with Gasteiger partial charge in [0, 0.05) is 62.0 Å². The Labute approximate surface area is 220 Å². The van der Waals surface area contributed by atoms with Crippen LogP contribution in [0, 0.1) is 19.7 Å². The van der Waals surface area contributed by atoms with Crippen LogP contribution >= 0.6 is 0 Å². The van der Waals surface area contributed by atoms with Gasteiger partial charge in [-0.15, -0.1) is 0 Å². The zero-order chi connectivity index (χ0) is 27.0. The molecule has 0 fully saturated rings. The number of ether oxygens (including phenoxy) is 1. The minimum absolute atomic E-state index is 0.0780. The van der Waals surface area contributed by atoms with Gasteiger partial charge in [0.05, 0.1) is 25.0 Å². The smallest absolute Gasteiger partial charge is 0.254 e. The van der Waals surface area contributed by atoms with Gasteiger partial charge in [-0.1, -0.05) is 0 Å². The maximum Gasteiger partial charge on any atom is 0.254 e. The molecule has 4 aromatic rings. The first-order valence-electron chi connectivity index (χ1n) is 12.6. The number of halogens is 1. The zero-order valence-electron chi connectivity index (χ0n) is 22.0. The van der Waals surface area contributed by atoms with E-state index in [4.69, 9.17) is 4.74 Å². The standard InChI is InChI=1S/C29H30FN5O3/c1-5-38-27-13-21(32-14-26(27)30)16-35-8-6-22-23(25-17-33(4)28(36)10-18(25)2)11-20(12-24(22)29(35)37)15-34-9-7-31-19(34)3/h7,9-14,17H,5-6,8,15-16H2,1-4H3. The summed E-state index contributed by atoms with van der Waals surface area (Å²) in [4.78, 5) is 36.3. The van der Waals surface area contributed by atoms with Crippen molar-refractivity contribution in [3.8, 4) is 16.9 Å². The van der Waals surface area contributed by atoms with Crippen molar-refractivity contribution in [2.75, 3.05) is 13.2 Å². The van der Waals surface area contributed by atoms with Crippen LogP contribution in [0.15, 0.2) is 53.8 Å². The van der Waals surface area contributed by atoms with E-state index in [9.17, 15) is 14.0 Å². The third-order valence-corrected chi connectivity index (χ3v) is 6.99. The number of aromatic nitrogens is 4. The first-order valence-corrected chi connectivity index (χ1v) is 12.6. The van der Waals surface area contributed by atoms with Crippen LogP contribution in [0.5, 0.6) is 5.75 Å². The van der Waals surface area contributed by atoms with Crippen LogP contribution in [0.25, 0.3) is 11.1 Å². The average molecular weight is 516 g/mol. The Morgan fingerprint density at radius 1 is 1.03 bits per heavy atom. The van der Waals surface area contributed by atoms with Gasteiger partial charge in [0.2, 0.25) is 0 Å². The molecule has 4 heterocycles. The van der Waals surface area contributed by atoms with Crippen molar-refractivity contribution in [2.24, 2.45) is 7.05 Å². The van der Waals surface area contributed by atoms with Gasteiger partial charge in [-0.3, -0.25) is 14.6 Å². The minimum Gasteiger partial charge on any atom is -0.491 e. The number of nitrogens with zero attached hydrogens (tertiary/aromatic N) is 5. The second kappa shape index (κ2) is 10.2. The highest BCUT2D eigenvalue weighted by Crippen LogP contribution is 2.34. The average Bonchev–Trinajstić information content (AvgIpc) is 3.29. The molecule has 3 aromatic heterocycles. The first kappa shape index (κ1) is 25.4. The second-order valence-electron chi connectivity index (χ2n) is 9.61. The summed E-state index contributed by atoms with van der Waals surface area (Å²) in [5, 5.41) is 0. The Hall–Kier alpha value is -4.27. The van der Waals surface area contributed by atoms with Crippen LogP contribution < -0.4 is 10.3 Å². The quantitative estimate of drug-likeness (QED) is 0.371. The maximum atomic E-state index is 14.0. The van der Waals surface area contributed by atoms with E-state index in [1.165, 1.54) is 0 Å². The molecule has 1 aliphatic heterocycles. The van der Waals surface area contributed by atoms with E-state index in [1.54, 1.807) is 41.8 Å². The highest BCUT2D eigenvalue weighted by molar-refractivity contribution is 5.99. The van der Waals surface area contributed by atoms with Crippen molar-refractivity contribution in [3.63, 3.8) is 0 Å². The number of pyridine rings is 2. The molecular weight excluding hydrogens is 485 g/mol. The third-order valence-electron chi connectivity index (χ3n) is 6.99. The highest BCUT2D eigenvalue weighted by Gasteiger charge is 2.28. The highest BCUT2D eigenvalue weighted by atomic mass is 19.1. The second-order valence-corrected chi connectivity index (χ2v) is 9.61. The molecule has 0 N–H and O–H groups in total. The summed E-state index contributed by atoms with van der Waals surface area (Å²) in [6.45, 7) is 7.28. The lowest BCUT2D eigenvalue weighted by Gasteiger charge is -2.31. The predicted octanol–water partition coefficient (Wildman–Crippen LogP) is 4.05. The molecule has 0 spiro atoms. The Kier molecular flexibility index (Phi) is 6.84. The summed E-state index contributed by atoms with van der Waals surface area (Å²) in [6, 6.07) is 7.25. The number of amides is 1.